The molecule has 0 saturated heterocycles. The van der Waals surface area contributed by atoms with E-state index in [1.54, 1.807) is 7.05 Å². The van der Waals surface area contributed by atoms with Crippen LogP contribution in [0.15, 0.2) is 42.5 Å². The number of benzene rings is 2. The number of hydrogen-bond donors (Lipinski definition) is 3. The first-order valence-corrected chi connectivity index (χ1v) is 10.4. The summed E-state index contributed by atoms with van der Waals surface area (Å²) >= 11 is 0. The van der Waals surface area contributed by atoms with Gasteiger partial charge in [0.25, 0.3) is 0 Å². The molecule has 7 heteroatoms. The van der Waals surface area contributed by atoms with Gasteiger partial charge in [-0.2, -0.15) is 0 Å². The summed E-state index contributed by atoms with van der Waals surface area (Å²) in [4.78, 5) is 28.7. The van der Waals surface area contributed by atoms with Crippen molar-refractivity contribution in [3.05, 3.63) is 53.7 Å². The highest BCUT2D eigenvalue weighted by molar-refractivity contribution is 6.02. The molecule has 0 spiro atoms. The molecule has 2 heterocycles. The van der Waals surface area contributed by atoms with Crippen LogP contribution in [0.1, 0.15) is 37.9 Å². The van der Waals surface area contributed by atoms with Crippen LogP contribution in [-0.2, 0) is 20.4 Å². The Bertz CT molecular complexity index is 1210. The summed E-state index contributed by atoms with van der Waals surface area (Å²) in [5.74, 6) is 1.32. The molecule has 1 aliphatic heterocycles. The van der Waals surface area contributed by atoms with Gasteiger partial charge in [0.05, 0.1) is 10.8 Å². The van der Waals surface area contributed by atoms with Crippen LogP contribution in [0.2, 0.25) is 0 Å². The van der Waals surface area contributed by atoms with E-state index in [4.69, 9.17) is 9.47 Å². The second-order valence-electron chi connectivity index (χ2n) is 8.79. The molecule has 0 bridgehead atoms. The highest BCUT2D eigenvalue weighted by Crippen LogP contribution is 2.51. The fraction of sp³-hybridized carbons (Fsp3) is 0.333. The Labute approximate surface area is 180 Å². The van der Waals surface area contributed by atoms with Gasteiger partial charge < -0.3 is 25.1 Å². The van der Waals surface area contributed by atoms with Crippen LogP contribution in [0.5, 0.6) is 11.5 Å². The summed E-state index contributed by atoms with van der Waals surface area (Å²) in [6.45, 7) is 3.97. The Morgan fingerprint density at radius 2 is 1.81 bits per heavy atom. The zero-order chi connectivity index (χ0) is 21.8. The highest BCUT2D eigenvalue weighted by Gasteiger charge is 2.51. The lowest BCUT2D eigenvalue weighted by molar-refractivity contribution is -0.125. The van der Waals surface area contributed by atoms with Gasteiger partial charge in [-0.25, -0.2) is 0 Å². The van der Waals surface area contributed by atoms with Crippen molar-refractivity contribution >= 4 is 28.4 Å². The van der Waals surface area contributed by atoms with E-state index in [1.807, 2.05) is 56.3 Å². The first-order chi connectivity index (χ1) is 14.8. The average Bonchev–Trinajstić information content (AvgIpc) is 3.25. The number of carbonyl (C=O) groups is 2. The number of aromatic nitrogens is 1. The smallest absolute Gasteiger partial charge is 0.235 e. The van der Waals surface area contributed by atoms with Gasteiger partial charge in [-0.1, -0.05) is 6.07 Å². The molecule has 0 unspecified atom stereocenters. The van der Waals surface area contributed by atoms with Crippen molar-refractivity contribution in [2.24, 2.45) is 0 Å². The number of fused-ring (bicyclic) bond motifs is 2. The zero-order valence-corrected chi connectivity index (χ0v) is 17.8. The summed E-state index contributed by atoms with van der Waals surface area (Å²) in [5, 5.41) is 6.73. The van der Waals surface area contributed by atoms with Crippen molar-refractivity contribution in [1.82, 2.24) is 10.3 Å². The molecule has 7 nitrogen and oxygen atoms in total. The quantitative estimate of drug-likeness (QED) is 0.589. The van der Waals surface area contributed by atoms with Crippen LogP contribution in [0.25, 0.3) is 10.9 Å². The number of ether oxygens (including phenoxy) is 2. The van der Waals surface area contributed by atoms with Gasteiger partial charge in [-0.15, -0.1) is 0 Å². The van der Waals surface area contributed by atoms with Crippen molar-refractivity contribution < 1.29 is 19.1 Å². The van der Waals surface area contributed by atoms with Crippen LogP contribution in [0.3, 0.4) is 0 Å². The summed E-state index contributed by atoms with van der Waals surface area (Å²) in [5.41, 5.74) is 2.21. The van der Waals surface area contributed by atoms with E-state index >= 15 is 0 Å². The summed E-state index contributed by atoms with van der Waals surface area (Å²) in [6, 6.07) is 13.4. The third-order valence-corrected chi connectivity index (χ3v) is 6.46. The largest absolute Gasteiger partial charge is 0.454 e. The molecule has 0 radical (unpaired) electrons. The van der Waals surface area contributed by atoms with E-state index in [9.17, 15) is 9.59 Å². The minimum atomic E-state index is -0.686. The molecular formula is C24H25N3O4. The van der Waals surface area contributed by atoms with Crippen LogP contribution < -0.4 is 20.1 Å². The Hall–Kier alpha value is -3.48. The number of rotatable bonds is 5. The van der Waals surface area contributed by atoms with Gasteiger partial charge in [0.1, 0.15) is 0 Å². The topological polar surface area (TPSA) is 92.5 Å². The van der Waals surface area contributed by atoms with E-state index in [2.05, 4.69) is 15.6 Å². The van der Waals surface area contributed by atoms with E-state index in [1.165, 1.54) is 0 Å². The summed E-state index contributed by atoms with van der Waals surface area (Å²) in [7, 11) is 1.63. The molecule has 2 aromatic carbocycles. The lowest BCUT2D eigenvalue weighted by Crippen LogP contribution is -2.38. The standard InChI is InChI=1S/C24H25N3O4/c1-23(2,21(28)25-3)20-11-14-10-16(5-6-17(14)27-20)26-22(29)24(8-9-24)15-4-7-18-19(12-15)31-13-30-18/h4-7,10-12,27H,8-9,13H2,1-3H3,(H,25,28)(H,26,29). The fourth-order valence-corrected chi connectivity index (χ4v) is 4.20. The van der Waals surface area contributed by atoms with E-state index in [-0.39, 0.29) is 18.6 Å². The Morgan fingerprint density at radius 1 is 1.03 bits per heavy atom. The maximum atomic E-state index is 13.2. The average molecular weight is 419 g/mol. The first-order valence-electron chi connectivity index (χ1n) is 10.4. The molecule has 2 amide bonds. The Kier molecular flexibility index (Phi) is 4.25. The van der Waals surface area contributed by atoms with Crippen LogP contribution in [-0.4, -0.2) is 30.6 Å². The molecule has 160 valence electrons. The Balaban J connectivity index is 1.39. The van der Waals surface area contributed by atoms with Gasteiger partial charge in [0.15, 0.2) is 11.5 Å². The number of amides is 2. The number of nitrogens with one attached hydrogen (secondary N) is 3. The SMILES string of the molecule is CNC(=O)C(C)(C)c1cc2cc(NC(=O)C3(c4ccc5c(c4)OCO5)CC3)ccc2[nH]1. The number of hydrogen-bond acceptors (Lipinski definition) is 4. The maximum Gasteiger partial charge on any atom is 0.235 e. The zero-order valence-electron chi connectivity index (χ0n) is 17.8. The third-order valence-electron chi connectivity index (χ3n) is 6.46. The van der Waals surface area contributed by atoms with Gasteiger partial charge >= 0.3 is 0 Å². The van der Waals surface area contributed by atoms with Gasteiger partial charge in [0.2, 0.25) is 18.6 Å². The molecule has 5 rings (SSSR count). The normalized spacial score (nSPS) is 16.2. The number of carbonyl (C=O) groups excluding carboxylic acids is 2. The van der Waals surface area contributed by atoms with Crippen LogP contribution in [0.4, 0.5) is 5.69 Å². The van der Waals surface area contributed by atoms with Gasteiger partial charge in [-0.3, -0.25) is 9.59 Å². The highest BCUT2D eigenvalue weighted by atomic mass is 16.7. The molecular weight excluding hydrogens is 394 g/mol. The fourth-order valence-electron chi connectivity index (χ4n) is 4.20. The van der Waals surface area contributed by atoms with Crippen molar-refractivity contribution in [2.45, 2.75) is 37.5 Å². The number of likely N-dealkylation sites (N-methyl/N-ethyl adjacent to an activating group) is 1. The van der Waals surface area contributed by atoms with Crippen molar-refractivity contribution in [2.75, 3.05) is 19.2 Å². The minimum absolute atomic E-state index is 0.0211. The molecule has 3 aromatic rings. The molecule has 2 aliphatic rings. The number of anilines is 1. The third kappa shape index (κ3) is 3.12. The molecule has 1 aromatic heterocycles. The predicted molar refractivity (Wildman–Crippen MR) is 117 cm³/mol. The van der Waals surface area contributed by atoms with E-state index in [0.717, 1.165) is 40.7 Å². The Morgan fingerprint density at radius 3 is 2.55 bits per heavy atom. The van der Waals surface area contributed by atoms with Gasteiger partial charge in [-0.05, 0) is 68.7 Å². The van der Waals surface area contributed by atoms with E-state index in [0.29, 0.717) is 11.5 Å². The van der Waals surface area contributed by atoms with Crippen molar-refractivity contribution in [3.8, 4) is 11.5 Å². The molecule has 1 aliphatic carbocycles. The van der Waals surface area contributed by atoms with Crippen molar-refractivity contribution in [3.63, 3.8) is 0 Å². The molecule has 1 fully saturated rings. The molecule has 31 heavy (non-hydrogen) atoms. The van der Waals surface area contributed by atoms with Crippen molar-refractivity contribution in [1.29, 1.82) is 0 Å². The second-order valence-corrected chi connectivity index (χ2v) is 8.79. The summed E-state index contributed by atoms with van der Waals surface area (Å²) < 4.78 is 10.9. The monoisotopic (exact) mass is 419 g/mol. The second kappa shape index (κ2) is 6.77. The number of H-pyrrole nitrogens is 1. The van der Waals surface area contributed by atoms with Crippen LogP contribution >= 0.6 is 0 Å². The molecule has 1 saturated carbocycles. The van der Waals surface area contributed by atoms with Crippen LogP contribution in [0, 0.1) is 0 Å². The van der Waals surface area contributed by atoms with E-state index < -0.39 is 10.8 Å². The lowest BCUT2D eigenvalue weighted by Gasteiger charge is -2.20. The lowest BCUT2D eigenvalue weighted by atomic mass is 9.88. The molecule has 0 atom stereocenters. The molecule has 3 N–H and O–H groups in total. The summed E-state index contributed by atoms with van der Waals surface area (Å²) in [6.07, 6.45) is 1.60. The van der Waals surface area contributed by atoms with Gasteiger partial charge in [0, 0.05) is 29.3 Å². The minimum Gasteiger partial charge on any atom is -0.454 e. The number of aromatic amines is 1. The predicted octanol–water partition coefficient (Wildman–Crippen LogP) is 3.59. The maximum absolute atomic E-state index is 13.2. The first kappa shape index (κ1) is 19.5.